The molecular formula is C23H23N5O3S. The van der Waals surface area contributed by atoms with Crippen molar-refractivity contribution in [1.82, 2.24) is 20.3 Å². The average molecular weight is 450 g/mol. The van der Waals surface area contributed by atoms with Gasteiger partial charge in [-0.3, -0.25) is 4.79 Å². The highest BCUT2D eigenvalue weighted by Gasteiger charge is 2.19. The van der Waals surface area contributed by atoms with Crippen molar-refractivity contribution < 1.29 is 13.2 Å². The molecule has 0 unspecified atom stereocenters. The molecule has 4 rings (SSSR count). The second-order valence-electron chi connectivity index (χ2n) is 7.70. The van der Waals surface area contributed by atoms with Crippen LogP contribution in [0.5, 0.6) is 0 Å². The molecule has 0 saturated carbocycles. The molecule has 32 heavy (non-hydrogen) atoms. The monoisotopic (exact) mass is 449 g/mol. The van der Waals surface area contributed by atoms with Gasteiger partial charge >= 0.3 is 0 Å². The molecule has 0 radical (unpaired) electrons. The van der Waals surface area contributed by atoms with Crippen LogP contribution < -0.4 is 11.1 Å². The number of amides is 1. The zero-order valence-electron chi connectivity index (χ0n) is 17.7. The van der Waals surface area contributed by atoms with Crippen molar-refractivity contribution in [2.24, 2.45) is 0 Å². The average Bonchev–Trinajstić information content (AvgIpc) is 3.22. The van der Waals surface area contributed by atoms with Gasteiger partial charge in [-0.1, -0.05) is 24.3 Å². The van der Waals surface area contributed by atoms with E-state index in [0.717, 1.165) is 5.56 Å². The summed E-state index contributed by atoms with van der Waals surface area (Å²) >= 11 is 0. The molecule has 0 aliphatic rings. The molecule has 0 atom stereocenters. The van der Waals surface area contributed by atoms with Crippen molar-refractivity contribution in [2.45, 2.75) is 30.5 Å². The molecule has 0 aliphatic heterocycles. The lowest BCUT2D eigenvalue weighted by atomic mass is 10.1. The highest BCUT2D eigenvalue weighted by molar-refractivity contribution is 7.92. The lowest BCUT2D eigenvalue weighted by Gasteiger charge is -2.08. The number of anilines is 1. The third-order valence-corrected chi connectivity index (χ3v) is 7.33. The summed E-state index contributed by atoms with van der Waals surface area (Å²) in [5.41, 5.74) is 9.83. The highest BCUT2D eigenvalue weighted by Crippen LogP contribution is 2.24. The Morgan fingerprint density at radius 3 is 2.44 bits per heavy atom. The molecule has 0 saturated heterocycles. The van der Waals surface area contributed by atoms with Crippen LogP contribution in [0.4, 0.5) is 5.69 Å². The number of nitrogen functional groups attached to an aromatic ring is 1. The smallest absolute Gasteiger partial charge is 0.255 e. The van der Waals surface area contributed by atoms with Gasteiger partial charge in [-0.05, 0) is 43.7 Å². The standard InChI is InChI=1S/C23H23N5O3S/c1-14(2)32(30,31)18-9-5-16(6-10-18)20-13-26-22-21(28-20)19(12-25-22)23(29)27-11-15-3-7-17(24)8-4-15/h3-10,12-14H,11,24H2,1-2H3,(H,25,26)(H,27,29). The molecule has 2 aromatic carbocycles. The molecule has 4 aromatic rings. The largest absolute Gasteiger partial charge is 0.399 e. The van der Waals surface area contributed by atoms with Crippen LogP contribution in [-0.4, -0.2) is 34.5 Å². The quantitative estimate of drug-likeness (QED) is 0.387. The van der Waals surface area contributed by atoms with E-state index < -0.39 is 15.1 Å². The number of rotatable bonds is 6. The Bertz CT molecular complexity index is 1380. The molecule has 0 spiro atoms. The minimum atomic E-state index is -3.35. The van der Waals surface area contributed by atoms with Gasteiger partial charge in [0.15, 0.2) is 15.5 Å². The predicted octanol–water partition coefficient (Wildman–Crippen LogP) is 3.32. The fraction of sp³-hybridized carbons (Fsp3) is 0.174. The van der Waals surface area contributed by atoms with E-state index in [0.29, 0.717) is 40.2 Å². The molecule has 2 heterocycles. The Morgan fingerprint density at radius 1 is 1.09 bits per heavy atom. The Morgan fingerprint density at radius 2 is 1.78 bits per heavy atom. The second-order valence-corrected chi connectivity index (χ2v) is 10.2. The fourth-order valence-corrected chi connectivity index (χ4v) is 4.26. The van der Waals surface area contributed by atoms with Crippen LogP contribution in [0.1, 0.15) is 29.8 Å². The summed E-state index contributed by atoms with van der Waals surface area (Å²) < 4.78 is 24.7. The summed E-state index contributed by atoms with van der Waals surface area (Å²) in [6.45, 7) is 3.65. The van der Waals surface area contributed by atoms with E-state index in [4.69, 9.17) is 5.73 Å². The number of aromatic nitrogens is 3. The first-order chi connectivity index (χ1) is 15.3. The van der Waals surface area contributed by atoms with Gasteiger partial charge < -0.3 is 16.0 Å². The summed E-state index contributed by atoms with van der Waals surface area (Å²) in [5, 5.41) is 2.37. The van der Waals surface area contributed by atoms with Crippen molar-refractivity contribution in [3.05, 3.63) is 72.1 Å². The number of nitrogens with two attached hydrogens (primary N) is 1. The zero-order chi connectivity index (χ0) is 22.9. The maximum atomic E-state index is 12.7. The van der Waals surface area contributed by atoms with Crippen LogP contribution in [0.25, 0.3) is 22.4 Å². The van der Waals surface area contributed by atoms with Gasteiger partial charge in [-0.15, -0.1) is 0 Å². The first-order valence-electron chi connectivity index (χ1n) is 10.1. The lowest BCUT2D eigenvalue weighted by Crippen LogP contribution is -2.22. The van der Waals surface area contributed by atoms with Gasteiger partial charge in [0.05, 0.1) is 27.6 Å². The van der Waals surface area contributed by atoms with E-state index in [1.165, 1.54) is 0 Å². The summed E-state index contributed by atoms with van der Waals surface area (Å²) in [4.78, 5) is 24.9. The maximum absolute atomic E-state index is 12.7. The number of nitrogens with one attached hydrogen (secondary N) is 2. The maximum Gasteiger partial charge on any atom is 0.255 e. The first kappa shape index (κ1) is 21.5. The van der Waals surface area contributed by atoms with E-state index >= 15 is 0 Å². The summed E-state index contributed by atoms with van der Waals surface area (Å²) in [7, 11) is -3.35. The van der Waals surface area contributed by atoms with E-state index in [-0.39, 0.29) is 10.8 Å². The van der Waals surface area contributed by atoms with Crippen LogP contribution in [0, 0.1) is 0 Å². The van der Waals surface area contributed by atoms with E-state index in [2.05, 4.69) is 20.3 Å². The third kappa shape index (κ3) is 4.19. The molecule has 9 heteroatoms. The van der Waals surface area contributed by atoms with E-state index in [1.54, 1.807) is 62.6 Å². The molecular weight excluding hydrogens is 426 g/mol. The fourth-order valence-electron chi connectivity index (χ4n) is 3.20. The lowest BCUT2D eigenvalue weighted by molar-refractivity contribution is 0.0952. The van der Waals surface area contributed by atoms with Gasteiger partial charge in [0, 0.05) is 24.0 Å². The van der Waals surface area contributed by atoms with E-state index in [9.17, 15) is 13.2 Å². The molecule has 8 nitrogen and oxygen atoms in total. The van der Waals surface area contributed by atoms with E-state index in [1.807, 2.05) is 12.1 Å². The van der Waals surface area contributed by atoms with Crippen molar-refractivity contribution in [3.63, 3.8) is 0 Å². The molecule has 2 aromatic heterocycles. The third-order valence-electron chi connectivity index (χ3n) is 5.16. The normalized spacial score (nSPS) is 11.7. The summed E-state index contributed by atoms with van der Waals surface area (Å²) in [6, 6.07) is 13.8. The van der Waals surface area contributed by atoms with Crippen LogP contribution in [0.2, 0.25) is 0 Å². The number of hydrogen-bond donors (Lipinski definition) is 3. The predicted molar refractivity (Wildman–Crippen MR) is 124 cm³/mol. The van der Waals surface area contributed by atoms with Crippen LogP contribution in [-0.2, 0) is 16.4 Å². The first-order valence-corrected chi connectivity index (χ1v) is 11.6. The summed E-state index contributed by atoms with van der Waals surface area (Å²) in [6.07, 6.45) is 3.16. The van der Waals surface area contributed by atoms with Crippen LogP contribution in [0.15, 0.2) is 65.8 Å². The number of sulfone groups is 1. The van der Waals surface area contributed by atoms with Crippen molar-refractivity contribution in [3.8, 4) is 11.3 Å². The molecule has 0 aliphatic carbocycles. The number of aromatic amines is 1. The Kier molecular flexibility index (Phi) is 5.67. The number of carbonyl (C=O) groups excluding carboxylic acids is 1. The topological polar surface area (TPSA) is 131 Å². The molecule has 0 bridgehead atoms. The molecule has 1 amide bonds. The number of benzene rings is 2. The van der Waals surface area contributed by atoms with Gasteiger partial charge in [0.25, 0.3) is 5.91 Å². The Balaban J connectivity index is 1.58. The van der Waals surface area contributed by atoms with Crippen LogP contribution >= 0.6 is 0 Å². The van der Waals surface area contributed by atoms with Gasteiger partial charge in [-0.25, -0.2) is 18.4 Å². The van der Waals surface area contributed by atoms with Gasteiger partial charge in [0.2, 0.25) is 0 Å². The molecule has 4 N–H and O–H groups in total. The van der Waals surface area contributed by atoms with Crippen molar-refractivity contribution in [1.29, 1.82) is 0 Å². The number of carbonyl (C=O) groups is 1. The number of H-pyrrole nitrogens is 1. The second kappa shape index (κ2) is 8.43. The number of nitrogens with zero attached hydrogens (tertiary/aromatic N) is 2. The van der Waals surface area contributed by atoms with Gasteiger partial charge in [0.1, 0.15) is 5.52 Å². The molecule has 0 fully saturated rings. The number of fused-ring (bicyclic) bond motifs is 1. The van der Waals surface area contributed by atoms with Crippen molar-refractivity contribution in [2.75, 3.05) is 5.73 Å². The molecule has 164 valence electrons. The SMILES string of the molecule is CC(C)S(=O)(=O)c1ccc(-c2cnc3[nH]cc(C(=O)NCc4ccc(N)cc4)c3n2)cc1. The Hall–Kier alpha value is -3.72. The number of hydrogen-bond acceptors (Lipinski definition) is 6. The minimum absolute atomic E-state index is 0.259. The van der Waals surface area contributed by atoms with Crippen LogP contribution in [0.3, 0.4) is 0 Å². The van der Waals surface area contributed by atoms with Crippen molar-refractivity contribution >= 4 is 32.6 Å². The minimum Gasteiger partial charge on any atom is -0.399 e. The highest BCUT2D eigenvalue weighted by atomic mass is 32.2. The van der Waals surface area contributed by atoms with Gasteiger partial charge in [-0.2, -0.15) is 0 Å². The zero-order valence-corrected chi connectivity index (χ0v) is 18.5. The summed E-state index contributed by atoms with van der Waals surface area (Å²) in [5.74, 6) is -0.280. The Labute approximate surface area is 185 Å².